The summed E-state index contributed by atoms with van der Waals surface area (Å²) < 4.78 is 0. The van der Waals surface area contributed by atoms with Gasteiger partial charge in [0.05, 0.1) is 5.71 Å². The van der Waals surface area contributed by atoms with Crippen LogP contribution in [0.2, 0.25) is 0 Å². The maximum atomic E-state index is 10.3. The van der Waals surface area contributed by atoms with Crippen LogP contribution in [0.25, 0.3) is 0 Å². The average molecular weight is 201 g/mol. The van der Waals surface area contributed by atoms with Crippen LogP contribution in [0.1, 0.15) is 59.3 Å². The molecule has 2 N–H and O–H groups in total. The monoisotopic (exact) mass is 201 g/mol. The lowest BCUT2D eigenvalue weighted by Gasteiger charge is -2.27. The molecule has 3 nitrogen and oxygen atoms in total. The first kappa shape index (κ1) is 13.4. The summed E-state index contributed by atoms with van der Waals surface area (Å²) in [6.07, 6.45) is 5.42. The Kier molecular flexibility index (Phi) is 6.54. The van der Waals surface area contributed by atoms with Crippen molar-refractivity contribution in [2.24, 2.45) is 5.16 Å². The topological polar surface area (TPSA) is 52.8 Å². The number of hydrogen-bond acceptors (Lipinski definition) is 3. The fourth-order valence-corrected chi connectivity index (χ4v) is 1.52. The fraction of sp³-hybridized carbons (Fsp3) is 0.909. The van der Waals surface area contributed by atoms with Crippen molar-refractivity contribution < 1.29 is 10.3 Å². The van der Waals surface area contributed by atoms with Crippen LogP contribution in [-0.4, -0.2) is 21.6 Å². The van der Waals surface area contributed by atoms with Crippen LogP contribution < -0.4 is 0 Å². The quantitative estimate of drug-likeness (QED) is 0.378. The molecule has 0 rings (SSSR count). The number of rotatable bonds is 7. The molecule has 0 aliphatic carbocycles. The normalized spacial score (nSPS) is 13.3. The molecule has 0 aliphatic rings. The molecule has 0 aromatic heterocycles. The highest BCUT2D eigenvalue weighted by Gasteiger charge is 2.29. The predicted octanol–water partition coefficient (Wildman–Crippen LogP) is 2.95. The van der Waals surface area contributed by atoms with Gasteiger partial charge in [0.1, 0.15) is 5.60 Å². The molecule has 14 heavy (non-hydrogen) atoms. The van der Waals surface area contributed by atoms with Crippen molar-refractivity contribution in [2.75, 3.05) is 0 Å². The van der Waals surface area contributed by atoms with Crippen molar-refractivity contribution >= 4 is 5.71 Å². The van der Waals surface area contributed by atoms with Gasteiger partial charge >= 0.3 is 0 Å². The van der Waals surface area contributed by atoms with E-state index in [1.165, 1.54) is 0 Å². The molecule has 0 spiro atoms. The van der Waals surface area contributed by atoms with Crippen LogP contribution in [0.15, 0.2) is 5.16 Å². The van der Waals surface area contributed by atoms with Gasteiger partial charge in [0.25, 0.3) is 0 Å². The van der Waals surface area contributed by atoms with E-state index in [2.05, 4.69) is 19.0 Å². The summed E-state index contributed by atoms with van der Waals surface area (Å²) in [5.41, 5.74) is -0.444. The Hall–Kier alpha value is -0.570. The van der Waals surface area contributed by atoms with Gasteiger partial charge in [-0.1, -0.05) is 44.7 Å². The van der Waals surface area contributed by atoms with E-state index in [1.807, 2.05) is 0 Å². The third-order valence-electron chi connectivity index (χ3n) is 2.71. The molecular weight excluding hydrogens is 178 g/mol. The summed E-state index contributed by atoms with van der Waals surface area (Å²) in [6.45, 7) is 5.86. The van der Waals surface area contributed by atoms with E-state index in [0.717, 1.165) is 25.7 Å². The van der Waals surface area contributed by atoms with Crippen LogP contribution in [0.3, 0.4) is 0 Å². The van der Waals surface area contributed by atoms with Crippen molar-refractivity contribution in [3.63, 3.8) is 0 Å². The zero-order valence-electron chi connectivity index (χ0n) is 9.58. The van der Waals surface area contributed by atoms with E-state index >= 15 is 0 Å². The number of unbranched alkanes of at least 4 members (excludes halogenated alkanes) is 2. The Morgan fingerprint density at radius 3 is 1.86 bits per heavy atom. The van der Waals surface area contributed by atoms with E-state index < -0.39 is 5.60 Å². The van der Waals surface area contributed by atoms with Gasteiger partial charge in [-0.15, -0.1) is 0 Å². The van der Waals surface area contributed by atoms with Gasteiger partial charge < -0.3 is 10.3 Å². The summed E-state index contributed by atoms with van der Waals surface area (Å²) in [7, 11) is 0. The molecule has 0 aromatic rings. The minimum absolute atomic E-state index is 0.444. The maximum absolute atomic E-state index is 10.3. The van der Waals surface area contributed by atoms with E-state index in [1.54, 1.807) is 6.92 Å². The minimum Gasteiger partial charge on any atom is -0.411 e. The molecule has 0 saturated carbocycles. The molecule has 0 radical (unpaired) electrons. The molecule has 0 saturated heterocycles. The van der Waals surface area contributed by atoms with Crippen LogP contribution in [0.4, 0.5) is 0 Å². The van der Waals surface area contributed by atoms with Gasteiger partial charge in [-0.25, -0.2) is 0 Å². The smallest absolute Gasteiger partial charge is 0.106 e. The first-order valence-corrected chi connectivity index (χ1v) is 5.52. The molecule has 0 amide bonds. The second-order valence-electron chi connectivity index (χ2n) is 3.92. The molecule has 0 bridgehead atoms. The highest BCUT2D eigenvalue weighted by Crippen LogP contribution is 2.23. The Morgan fingerprint density at radius 1 is 1.14 bits per heavy atom. The number of oxime groups is 1. The van der Waals surface area contributed by atoms with Gasteiger partial charge in [-0.05, 0) is 19.8 Å². The van der Waals surface area contributed by atoms with Crippen LogP contribution >= 0.6 is 0 Å². The highest BCUT2D eigenvalue weighted by molar-refractivity contribution is 5.89. The third kappa shape index (κ3) is 4.09. The second-order valence-corrected chi connectivity index (χ2v) is 3.92. The molecule has 0 aromatic carbocycles. The summed E-state index contributed by atoms with van der Waals surface area (Å²) in [6, 6.07) is 0. The fourth-order valence-electron chi connectivity index (χ4n) is 1.52. The van der Waals surface area contributed by atoms with E-state index in [-0.39, 0.29) is 0 Å². The zero-order valence-corrected chi connectivity index (χ0v) is 9.58. The summed E-state index contributed by atoms with van der Waals surface area (Å²) in [5, 5.41) is 22.1. The first-order chi connectivity index (χ1) is 6.60. The SMILES string of the molecule is CCCCC(O)(CCCC)/C(C)=N\O. The van der Waals surface area contributed by atoms with Crippen molar-refractivity contribution in [1.29, 1.82) is 0 Å². The van der Waals surface area contributed by atoms with Crippen LogP contribution in [0, 0.1) is 0 Å². The summed E-state index contributed by atoms with van der Waals surface area (Å²) in [5.74, 6) is 0. The lowest BCUT2D eigenvalue weighted by Crippen LogP contribution is -2.37. The van der Waals surface area contributed by atoms with Crippen LogP contribution in [0.5, 0.6) is 0 Å². The van der Waals surface area contributed by atoms with Gasteiger partial charge in [0.2, 0.25) is 0 Å². The number of nitrogens with zero attached hydrogens (tertiary/aromatic N) is 1. The second kappa shape index (κ2) is 6.82. The summed E-state index contributed by atoms with van der Waals surface area (Å²) >= 11 is 0. The predicted molar refractivity (Wildman–Crippen MR) is 58.9 cm³/mol. The van der Waals surface area contributed by atoms with Crippen molar-refractivity contribution in [2.45, 2.75) is 64.9 Å². The highest BCUT2D eigenvalue weighted by atomic mass is 16.4. The first-order valence-electron chi connectivity index (χ1n) is 5.52. The van der Waals surface area contributed by atoms with E-state index in [0.29, 0.717) is 18.6 Å². The average Bonchev–Trinajstić information content (AvgIpc) is 2.22. The molecule has 0 atom stereocenters. The van der Waals surface area contributed by atoms with Crippen molar-refractivity contribution in [3.05, 3.63) is 0 Å². The molecule has 84 valence electrons. The Labute approximate surface area is 86.8 Å². The lowest BCUT2D eigenvalue weighted by molar-refractivity contribution is 0.0830. The van der Waals surface area contributed by atoms with Crippen molar-refractivity contribution in [1.82, 2.24) is 0 Å². The number of aliphatic hydroxyl groups is 1. The maximum Gasteiger partial charge on any atom is 0.106 e. The molecule has 0 heterocycles. The lowest BCUT2D eigenvalue weighted by atomic mass is 9.87. The van der Waals surface area contributed by atoms with Gasteiger partial charge in [0.15, 0.2) is 0 Å². The molecular formula is C11H23NO2. The largest absolute Gasteiger partial charge is 0.411 e. The Balaban J connectivity index is 4.32. The molecule has 3 heteroatoms. The van der Waals surface area contributed by atoms with E-state index in [4.69, 9.17) is 5.21 Å². The molecule has 0 fully saturated rings. The standard InChI is InChI=1S/C11H23NO2/c1-4-6-8-11(13,9-7-5-2)10(3)12-14/h13-14H,4-9H2,1-3H3/b12-10-. The zero-order chi connectivity index (χ0) is 11.0. The molecule has 0 unspecified atom stereocenters. The van der Waals surface area contributed by atoms with Crippen LogP contribution in [-0.2, 0) is 0 Å². The minimum atomic E-state index is -0.888. The number of hydrogen-bond donors (Lipinski definition) is 2. The van der Waals surface area contributed by atoms with Gasteiger partial charge in [0, 0.05) is 0 Å². The van der Waals surface area contributed by atoms with E-state index in [9.17, 15) is 5.11 Å². The van der Waals surface area contributed by atoms with Gasteiger partial charge in [-0.2, -0.15) is 0 Å². The molecule has 0 aliphatic heterocycles. The van der Waals surface area contributed by atoms with Crippen molar-refractivity contribution in [3.8, 4) is 0 Å². The summed E-state index contributed by atoms with van der Waals surface area (Å²) in [4.78, 5) is 0. The Bertz CT molecular complexity index is 170. The third-order valence-corrected chi connectivity index (χ3v) is 2.71. The van der Waals surface area contributed by atoms with Gasteiger partial charge in [-0.3, -0.25) is 0 Å². The Morgan fingerprint density at radius 2 is 1.57 bits per heavy atom.